The predicted octanol–water partition coefficient (Wildman–Crippen LogP) is 2.63. The summed E-state index contributed by atoms with van der Waals surface area (Å²) in [5.74, 6) is 0. The molecule has 3 nitrogen and oxygen atoms in total. The molecular weight excluding hydrogens is 220 g/mol. The van der Waals surface area contributed by atoms with Gasteiger partial charge >= 0.3 is 0 Å². The van der Waals surface area contributed by atoms with E-state index in [4.69, 9.17) is 21.8 Å². The molecule has 1 atom stereocenters. The third kappa shape index (κ3) is 1.97. The number of halogens is 1. The van der Waals surface area contributed by atoms with Crippen molar-refractivity contribution in [1.29, 1.82) is 0 Å². The molecule has 0 aromatic carbocycles. The number of hydrogen-bond donors (Lipinski definition) is 1. The van der Waals surface area contributed by atoms with E-state index in [1.165, 1.54) is 0 Å². The van der Waals surface area contributed by atoms with Crippen LogP contribution in [0.1, 0.15) is 16.6 Å². The van der Waals surface area contributed by atoms with Crippen molar-refractivity contribution in [3.8, 4) is 0 Å². The van der Waals surface area contributed by atoms with Crippen LogP contribution in [0.4, 0.5) is 0 Å². The zero-order chi connectivity index (χ0) is 9.97. The molecule has 14 heavy (non-hydrogen) atoms. The van der Waals surface area contributed by atoms with Gasteiger partial charge in [0.2, 0.25) is 0 Å². The molecule has 2 heterocycles. The van der Waals surface area contributed by atoms with Crippen molar-refractivity contribution in [2.75, 3.05) is 0 Å². The Bertz CT molecular complexity index is 399. The van der Waals surface area contributed by atoms with Crippen LogP contribution in [0.2, 0.25) is 5.22 Å². The molecule has 0 radical (unpaired) electrons. The second kappa shape index (κ2) is 4.13. The van der Waals surface area contributed by atoms with Gasteiger partial charge in [0.1, 0.15) is 0 Å². The minimum atomic E-state index is -0.146. The number of nitrogens with zero attached hydrogens (tertiary/aromatic N) is 1. The first-order chi connectivity index (χ1) is 6.77. The number of nitrogens with two attached hydrogens (primary N) is 1. The lowest BCUT2D eigenvalue weighted by Crippen LogP contribution is -2.12. The van der Waals surface area contributed by atoms with E-state index < -0.39 is 0 Å². The Hall–Kier alpha value is -0.840. The van der Waals surface area contributed by atoms with Crippen molar-refractivity contribution in [1.82, 2.24) is 4.98 Å². The van der Waals surface area contributed by atoms with Crippen LogP contribution in [-0.2, 0) is 6.42 Å². The highest BCUT2D eigenvalue weighted by atomic mass is 35.5. The molecule has 2 rings (SSSR count). The summed E-state index contributed by atoms with van der Waals surface area (Å²) in [4.78, 5) is 4.16. The van der Waals surface area contributed by atoms with E-state index in [-0.39, 0.29) is 6.04 Å². The van der Waals surface area contributed by atoms with Gasteiger partial charge in [-0.3, -0.25) is 0 Å². The van der Waals surface area contributed by atoms with Crippen LogP contribution in [0, 0.1) is 0 Å². The molecule has 0 saturated heterocycles. The zero-order valence-electron chi connectivity index (χ0n) is 7.31. The number of hydrogen-bond acceptors (Lipinski definition) is 4. The summed E-state index contributed by atoms with van der Waals surface area (Å²) in [7, 11) is 0. The highest BCUT2D eigenvalue weighted by Gasteiger charge is 2.14. The van der Waals surface area contributed by atoms with Crippen molar-refractivity contribution in [3.63, 3.8) is 0 Å². The second-order valence-corrected chi connectivity index (χ2v) is 4.21. The SMILES string of the molecule is NC(Cc1nccs1)c1ccoc1Cl. The van der Waals surface area contributed by atoms with Crippen LogP contribution >= 0.6 is 22.9 Å². The van der Waals surface area contributed by atoms with Crippen molar-refractivity contribution in [2.45, 2.75) is 12.5 Å². The van der Waals surface area contributed by atoms with Gasteiger partial charge < -0.3 is 10.2 Å². The third-order valence-corrected chi connectivity index (χ3v) is 3.03. The molecule has 74 valence electrons. The summed E-state index contributed by atoms with van der Waals surface area (Å²) in [6, 6.07) is 1.65. The Morgan fingerprint density at radius 1 is 1.64 bits per heavy atom. The molecular formula is C9H9ClN2OS. The van der Waals surface area contributed by atoms with Gasteiger partial charge in [-0.1, -0.05) is 0 Å². The monoisotopic (exact) mass is 228 g/mol. The Kier molecular flexibility index (Phi) is 2.86. The zero-order valence-corrected chi connectivity index (χ0v) is 8.89. The standard InChI is InChI=1S/C9H9ClN2OS/c10-9-6(1-3-13-9)7(11)5-8-12-2-4-14-8/h1-4,7H,5,11H2. The fourth-order valence-electron chi connectivity index (χ4n) is 1.22. The highest BCUT2D eigenvalue weighted by molar-refractivity contribution is 7.09. The lowest BCUT2D eigenvalue weighted by atomic mass is 10.1. The Morgan fingerprint density at radius 3 is 3.07 bits per heavy atom. The first-order valence-electron chi connectivity index (χ1n) is 4.14. The minimum Gasteiger partial charge on any atom is -0.453 e. The van der Waals surface area contributed by atoms with Crippen LogP contribution < -0.4 is 5.73 Å². The quantitative estimate of drug-likeness (QED) is 0.879. The van der Waals surface area contributed by atoms with Gasteiger partial charge in [0.25, 0.3) is 0 Å². The molecule has 0 spiro atoms. The molecule has 0 fully saturated rings. The van der Waals surface area contributed by atoms with E-state index in [0.717, 1.165) is 10.6 Å². The average Bonchev–Trinajstić information content (AvgIpc) is 2.75. The summed E-state index contributed by atoms with van der Waals surface area (Å²) >= 11 is 7.40. The van der Waals surface area contributed by atoms with Gasteiger partial charge in [-0.25, -0.2) is 4.98 Å². The van der Waals surface area contributed by atoms with E-state index in [9.17, 15) is 0 Å². The lowest BCUT2D eigenvalue weighted by molar-refractivity contribution is 0.560. The van der Waals surface area contributed by atoms with E-state index in [1.54, 1.807) is 29.9 Å². The number of aromatic nitrogens is 1. The van der Waals surface area contributed by atoms with Crippen molar-refractivity contribution in [3.05, 3.63) is 39.7 Å². The third-order valence-electron chi connectivity index (χ3n) is 1.92. The van der Waals surface area contributed by atoms with Crippen molar-refractivity contribution in [2.24, 2.45) is 5.73 Å². The van der Waals surface area contributed by atoms with Gasteiger partial charge in [0.05, 0.1) is 11.3 Å². The van der Waals surface area contributed by atoms with Crippen LogP contribution in [0.25, 0.3) is 0 Å². The topological polar surface area (TPSA) is 52.0 Å². The second-order valence-electron chi connectivity index (χ2n) is 2.89. The van der Waals surface area contributed by atoms with Gasteiger partial charge in [0.15, 0.2) is 5.22 Å². The van der Waals surface area contributed by atoms with Gasteiger partial charge in [-0.2, -0.15) is 0 Å². The van der Waals surface area contributed by atoms with E-state index in [1.807, 2.05) is 5.38 Å². The minimum absolute atomic E-state index is 0.146. The molecule has 0 bridgehead atoms. The smallest absolute Gasteiger partial charge is 0.197 e. The Labute approximate surface area is 90.5 Å². The van der Waals surface area contributed by atoms with Crippen LogP contribution in [0.5, 0.6) is 0 Å². The first kappa shape index (κ1) is 9.71. The number of thiazole rings is 1. The normalized spacial score (nSPS) is 13.0. The summed E-state index contributed by atoms with van der Waals surface area (Å²) < 4.78 is 4.97. The van der Waals surface area contributed by atoms with E-state index in [2.05, 4.69) is 4.98 Å². The predicted molar refractivity (Wildman–Crippen MR) is 56.5 cm³/mol. The maximum absolute atomic E-state index is 5.95. The summed E-state index contributed by atoms with van der Waals surface area (Å²) in [5, 5.41) is 3.31. The largest absolute Gasteiger partial charge is 0.453 e. The molecule has 2 aromatic rings. The van der Waals surface area contributed by atoms with E-state index >= 15 is 0 Å². The molecule has 1 unspecified atom stereocenters. The maximum atomic E-state index is 5.95. The summed E-state index contributed by atoms with van der Waals surface area (Å²) in [5.41, 5.74) is 6.79. The molecule has 2 N–H and O–H groups in total. The van der Waals surface area contributed by atoms with Crippen LogP contribution in [0.15, 0.2) is 28.3 Å². The first-order valence-corrected chi connectivity index (χ1v) is 5.40. The maximum Gasteiger partial charge on any atom is 0.197 e. The molecule has 0 aliphatic heterocycles. The summed E-state index contributed by atoms with van der Waals surface area (Å²) in [6.45, 7) is 0. The molecule has 0 aliphatic carbocycles. The fourth-order valence-corrected chi connectivity index (χ4v) is 2.15. The molecule has 0 saturated carbocycles. The van der Waals surface area contributed by atoms with Crippen molar-refractivity contribution >= 4 is 22.9 Å². The molecule has 2 aromatic heterocycles. The van der Waals surface area contributed by atoms with Gasteiger partial charge in [-0.15, -0.1) is 11.3 Å². The van der Waals surface area contributed by atoms with Crippen LogP contribution in [0.3, 0.4) is 0 Å². The van der Waals surface area contributed by atoms with Gasteiger partial charge in [-0.05, 0) is 17.7 Å². The van der Waals surface area contributed by atoms with Gasteiger partial charge in [0, 0.05) is 29.6 Å². The average molecular weight is 229 g/mol. The Balaban J connectivity index is 2.10. The highest BCUT2D eigenvalue weighted by Crippen LogP contribution is 2.25. The number of rotatable bonds is 3. The van der Waals surface area contributed by atoms with Crippen molar-refractivity contribution < 1.29 is 4.42 Å². The Morgan fingerprint density at radius 2 is 2.50 bits per heavy atom. The lowest BCUT2D eigenvalue weighted by Gasteiger charge is -2.06. The fraction of sp³-hybridized carbons (Fsp3) is 0.222. The van der Waals surface area contributed by atoms with E-state index in [0.29, 0.717) is 11.6 Å². The van der Waals surface area contributed by atoms with Crippen LogP contribution in [-0.4, -0.2) is 4.98 Å². The number of furan rings is 1. The molecule has 0 amide bonds. The summed E-state index contributed by atoms with van der Waals surface area (Å²) in [6.07, 6.45) is 4.00. The molecule has 0 aliphatic rings. The molecule has 5 heteroatoms.